The Hall–Kier alpha value is -1.39. The largest absolute Gasteiger partial charge is 0.480 e. The summed E-state index contributed by atoms with van der Waals surface area (Å²) in [5.41, 5.74) is -0.153. The normalized spacial score (nSPS) is 20.8. The zero-order valence-electron chi connectivity index (χ0n) is 9.93. The van der Waals surface area contributed by atoms with Gasteiger partial charge >= 0.3 is 5.97 Å². The first-order valence-electron chi connectivity index (χ1n) is 5.77. The Kier molecular flexibility index (Phi) is 3.45. The van der Waals surface area contributed by atoms with Crippen LogP contribution in [0.25, 0.3) is 0 Å². The molecule has 4 nitrogen and oxygen atoms in total. The summed E-state index contributed by atoms with van der Waals surface area (Å²) in [6.07, 6.45) is 0. The minimum atomic E-state index is -0.967. The van der Waals surface area contributed by atoms with Crippen molar-refractivity contribution in [2.75, 3.05) is 26.3 Å². The van der Waals surface area contributed by atoms with Crippen LogP contribution in [0.1, 0.15) is 12.5 Å². The van der Waals surface area contributed by atoms with Gasteiger partial charge in [-0.1, -0.05) is 30.3 Å². The number of carboxylic acid groups (broad SMARTS) is 1. The van der Waals surface area contributed by atoms with Crippen molar-refractivity contribution in [3.8, 4) is 0 Å². The van der Waals surface area contributed by atoms with E-state index in [0.717, 1.165) is 5.56 Å². The van der Waals surface area contributed by atoms with Gasteiger partial charge in [0.25, 0.3) is 0 Å². The Labute approximate surface area is 101 Å². The zero-order valence-corrected chi connectivity index (χ0v) is 9.93. The lowest BCUT2D eigenvalue weighted by Gasteiger charge is -2.40. The standard InChI is InChI=1S/C13H17NO3/c1-13(12(15)16,11-5-3-2-4-6-11)14-7-9-17-10-8-14/h2-6H,7-10H2,1H3,(H,15,16)/t13-/m0/s1. The molecule has 0 amide bonds. The van der Waals surface area contributed by atoms with Crippen LogP contribution in [0, 0.1) is 0 Å². The Balaban J connectivity index is 2.35. The smallest absolute Gasteiger partial charge is 0.328 e. The van der Waals surface area contributed by atoms with E-state index in [2.05, 4.69) is 0 Å². The van der Waals surface area contributed by atoms with E-state index in [0.29, 0.717) is 26.3 Å². The number of morpholine rings is 1. The van der Waals surface area contributed by atoms with Gasteiger partial charge in [0.15, 0.2) is 0 Å². The third kappa shape index (κ3) is 2.18. The second kappa shape index (κ2) is 4.85. The molecule has 0 saturated carbocycles. The molecule has 1 saturated heterocycles. The highest BCUT2D eigenvalue weighted by atomic mass is 16.5. The van der Waals surface area contributed by atoms with Gasteiger partial charge in [-0.25, -0.2) is 4.79 Å². The molecular weight excluding hydrogens is 218 g/mol. The summed E-state index contributed by atoms with van der Waals surface area (Å²) in [5, 5.41) is 9.56. The first-order valence-corrected chi connectivity index (χ1v) is 5.77. The summed E-state index contributed by atoms with van der Waals surface area (Å²) < 4.78 is 5.28. The van der Waals surface area contributed by atoms with Gasteiger partial charge in [-0.2, -0.15) is 0 Å². The van der Waals surface area contributed by atoms with Crippen molar-refractivity contribution in [3.05, 3.63) is 35.9 Å². The van der Waals surface area contributed by atoms with Crippen LogP contribution in [-0.4, -0.2) is 42.3 Å². The van der Waals surface area contributed by atoms with Crippen molar-refractivity contribution >= 4 is 5.97 Å². The van der Waals surface area contributed by atoms with Gasteiger partial charge in [0.05, 0.1) is 13.2 Å². The number of ether oxygens (including phenoxy) is 1. The maximum atomic E-state index is 11.6. The van der Waals surface area contributed by atoms with Crippen LogP contribution in [0.3, 0.4) is 0 Å². The summed E-state index contributed by atoms with van der Waals surface area (Å²) in [7, 11) is 0. The lowest BCUT2D eigenvalue weighted by Crippen LogP contribution is -2.54. The molecule has 1 aliphatic rings. The fraction of sp³-hybridized carbons (Fsp3) is 0.462. The van der Waals surface area contributed by atoms with Crippen LogP contribution in [0.2, 0.25) is 0 Å². The zero-order chi connectivity index (χ0) is 12.3. The van der Waals surface area contributed by atoms with E-state index in [1.165, 1.54) is 0 Å². The summed E-state index contributed by atoms with van der Waals surface area (Å²) in [5.74, 6) is -0.814. The molecule has 0 aromatic heterocycles. The van der Waals surface area contributed by atoms with Crippen LogP contribution in [0.15, 0.2) is 30.3 Å². The van der Waals surface area contributed by atoms with Gasteiger partial charge in [0.2, 0.25) is 0 Å². The predicted octanol–water partition coefficient (Wildman–Crippen LogP) is 1.32. The van der Waals surface area contributed by atoms with Gasteiger partial charge in [-0.15, -0.1) is 0 Å². The minimum Gasteiger partial charge on any atom is -0.480 e. The fourth-order valence-electron chi connectivity index (χ4n) is 2.21. The summed E-state index contributed by atoms with van der Waals surface area (Å²) in [4.78, 5) is 13.6. The molecule has 1 atom stereocenters. The average molecular weight is 235 g/mol. The average Bonchev–Trinajstić information content (AvgIpc) is 2.39. The van der Waals surface area contributed by atoms with Gasteiger partial charge in [0, 0.05) is 13.1 Å². The molecule has 0 aliphatic carbocycles. The number of hydrogen-bond acceptors (Lipinski definition) is 3. The summed E-state index contributed by atoms with van der Waals surface area (Å²) in [6, 6.07) is 9.37. The predicted molar refractivity (Wildman–Crippen MR) is 63.8 cm³/mol. The molecule has 1 N–H and O–H groups in total. The fourth-order valence-corrected chi connectivity index (χ4v) is 2.21. The van der Waals surface area contributed by atoms with Crippen molar-refractivity contribution < 1.29 is 14.6 Å². The van der Waals surface area contributed by atoms with E-state index in [-0.39, 0.29) is 0 Å². The molecule has 1 fully saturated rings. The van der Waals surface area contributed by atoms with E-state index in [1.54, 1.807) is 6.92 Å². The van der Waals surface area contributed by atoms with E-state index >= 15 is 0 Å². The van der Waals surface area contributed by atoms with Crippen molar-refractivity contribution in [1.82, 2.24) is 4.90 Å². The number of carbonyl (C=O) groups is 1. The molecule has 1 aromatic carbocycles. The number of benzene rings is 1. The minimum absolute atomic E-state index is 0.593. The van der Waals surface area contributed by atoms with Gasteiger partial charge in [0.1, 0.15) is 5.54 Å². The van der Waals surface area contributed by atoms with Crippen LogP contribution in [0.5, 0.6) is 0 Å². The maximum Gasteiger partial charge on any atom is 0.328 e. The lowest BCUT2D eigenvalue weighted by molar-refractivity contribution is -0.154. The van der Waals surface area contributed by atoms with Crippen molar-refractivity contribution in [2.45, 2.75) is 12.5 Å². The van der Waals surface area contributed by atoms with Crippen LogP contribution < -0.4 is 0 Å². The molecule has 0 unspecified atom stereocenters. The number of carboxylic acids is 1. The quantitative estimate of drug-likeness (QED) is 0.858. The molecular formula is C13H17NO3. The van der Waals surface area contributed by atoms with Crippen LogP contribution in [0.4, 0.5) is 0 Å². The SMILES string of the molecule is C[C@@](C(=O)O)(c1ccccc1)N1CCOCC1. The molecule has 0 radical (unpaired) electrons. The molecule has 1 heterocycles. The van der Waals surface area contributed by atoms with Crippen molar-refractivity contribution in [1.29, 1.82) is 0 Å². The first-order chi connectivity index (χ1) is 8.15. The molecule has 0 spiro atoms. The van der Waals surface area contributed by atoms with E-state index in [4.69, 9.17) is 4.74 Å². The van der Waals surface area contributed by atoms with Crippen molar-refractivity contribution in [3.63, 3.8) is 0 Å². The molecule has 92 valence electrons. The highest BCUT2D eigenvalue weighted by molar-refractivity contribution is 5.80. The third-order valence-corrected chi connectivity index (χ3v) is 3.40. The second-order valence-corrected chi connectivity index (χ2v) is 4.34. The monoisotopic (exact) mass is 235 g/mol. The Morgan fingerprint density at radius 3 is 2.41 bits per heavy atom. The molecule has 1 aromatic rings. The number of rotatable bonds is 3. The van der Waals surface area contributed by atoms with E-state index < -0.39 is 11.5 Å². The number of hydrogen-bond donors (Lipinski definition) is 1. The van der Waals surface area contributed by atoms with Gasteiger partial charge in [-0.05, 0) is 12.5 Å². The van der Waals surface area contributed by atoms with Crippen molar-refractivity contribution in [2.24, 2.45) is 0 Å². The summed E-state index contributed by atoms with van der Waals surface area (Å²) in [6.45, 7) is 4.25. The molecule has 4 heteroatoms. The van der Waals surface area contributed by atoms with E-state index in [9.17, 15) is 9.90 Å². The summed E-state index contributed by atoms with van der Waals surface area (Å²) >= 11 is 0. The first kappa shape index (κ1) is 12.1. The van der Waals surface area contributed by atoms with Crippen LogP contribution in [-0.2, 0) is 15.1 Å². The second-order valence-electron chi connectivity index (χ2n) is 4.34. The molecule has 1 aliphatic heterocycles. The molecule has 17 heavy (non-hydrogen) atoms. The Bertz CT molecular complexity index is 387. The Morgan fingerprint density at radius 2 is 1.88 bits per heavy atom. The highest BCUT2D eigenvalue weighted by Crippen LogP contribution is 2.29. The number of nitrogens with zero attached hydrogens (tertiary/aromatic N) is 1. The van der Waals surface area contributed by atoms with Gasteiger partial charge in [-0.3, -0.25) is 4.90 Å². The topological polar surface area (TPSA) is 49.8 Å². The highest BCUT2D eigenvalue weighted by Gasteiger charge is 2.41. The Morgan fingerprint density at radius 1 is 1.29 bits per heavy atom. The van der Waals surface area contributed by atoms with E-state index in [1.807, 2.05) is 35.2 Å². The lowest BCUT2D eigenvalue weighted by atomic mass is 9.89. The van der Waals surface area contributed by atoms with Crippen LogP contribution >= 0.6 is 0 Å². The maximum absolute atomic E-state index is 11.6. The van der Waals surface area contributed by atoms with Gasteiger partial charge < -0.3 is 9.84 Å². The molecule has 2 rings (SSSR count). The third-order valence-electron chi connectivity index (χ3n) is 3.40. The number of aliphatic carboxylic acids is 1. The molecule has 0 bridgehead atoms.